The molecule has 0 saturated heterocycles. The topological polar surface area (TPSA) is 22.1 Å². The van der Waals surface area contributed by atoms with Gasteiger partial charge in [0.05, 0.1) is 6.61 Å². The highest BCUT2D eigenvalue weighted by molar-refractivity contribution is 14.1. The first-order valence-electron chi connectivity index (χ1n) is 5.00. The van der Waals surface area contributed by atoms with Crippen LogP contribution in [-0.4, -0.2) is 11.6 Å². The van der Waals surface area contributed by atoms with Crippen LogP contribution < -0.4 is 4.74 Å². The van der Waals surface area contributed by atoms with Crippen molar-refractivity contribution in [1.82, 2.24) is 4.98 Å². The van der Waals surface area contributed by atoms with E-state index in [4.69, 9.17) is 4.74 Å². The SMILES string of the molecule is C[C@H]1CC[C@@H]1COc1ccc(I)cn1. The van der Waals surface area contributed by atoms with Crippen LogP contribution in [-0.2, 0) is 0 Å². The Labute approximate surface area is 98.2 Å². The summed E-state index contributed by atoms with van der Waals surface area (Å²) in [5.41, 5.74) is 0. The minimum atomic E-state index is 0.746. The number of hydrogen-bond acceptors (Lipinski definition) is 2. The molecule has 1 aliphatic rings. The fraction of sp³-hybridized carbons (Fsp3) is 0.545. The van der Waals surface area contributed by atoms with Crippen molar-refractivity contribution < 1.29 is 4.74 Å². The second kappa shape index (κ2) is 4.47. The molecule has 14 heavy (non-hydrogen) atoms. The van der Waals surface area contributed by atoms with E-state index in [1.54, 1.807) is 0 Å². The van der Waals surface area contributed by atoms with E-state index in [0.717, 1.165) is 27.9 Å². The van der Waals surface area contributed by atoms with Crippen LogP contribution in [0.2, 0.25) is 0 Å². The predicted octanol–water partition coefficient (Wildman–Crippen LogP) is 3.11. The molecule has 0 N–H and O–H groups in total. The van der Waals surface area contributed by atoms with E-state index < -0.39 is 0 Å². The third-order valence-corrected chi connectivity index (χ3v) is 3.58. The van der Waals surface area contributed by atoms with Crippen molar-refractivity contribution >= 4 is 22.6 Å². The van der Waals surface area contributed by atoms with Crippen LogP contribution in [0, 0.1) is 15.4 Å². The van der Waals surface area contributed by atoms with E-state index in [2.05, 4.69) is 34.5 Å². The van der Waals surface area contributed by atoms with Gasteiger partial charge in [-0.3, -0.25) is 0 Å². The lowest BCUT2D eigenvalue weighted by molar-refractivity contribution is 0.113. The maximum absolute atomic E-state index is 5.62. The number of pyridine rings is 1. The van der Waals surface area contributed by atoms with Gasteiger partial charge in [-0.25, -0.2) is 4.98 Å². The van der Waals surface area contributed by atoms with Crippen molar-refractivity contribution in [2.24, 2.45) is 11.8 Å². The summed E-state index contributed by atoms with van der Waals surface area (Å²) in [7, 11) is 0. The maximum atomic E-state index is 5.62. The molecule has 76 valence electrons. The van der Waals surface area contributed by atoms with E-state index in [9.17, 15) is 0 Å². The lowest BCUT2D eigenvalue weighted by Gasteiger charge is -2.33. The van der Waals surface area contributed by atoms with Crippen LogP contribution in [0.4, 0.5) is 0 Å². The van der Waals surface area contributed by atoms with Crippen molar-refractivity contribution in [2.75, 3.05) is 6.61 Å². The second-order valence-electron chi connectivity index (χ2n) is 3.94. The summed E-state index contributed by atoms with van der Waals surface area (Å²) in [6.07, 6.45) is 4.50. The number of hydrogen-bond donors (Lipinski definition) is 0. The second-order valence-corrected chi connectivity index (χ2v) is 5.19. The first-order chi connectivity index (χ1) is 6.75. The molecule has 1 aromatic rings. The number of aromatic nitrogens is 1. The van der Waals surface area contributed by atoms with Gasteiger partial charge in [0.1, 0.15) is 0 Å². The molecule has 2 rings (SSSR count). The average molecular weight is 303 g/mol. The molecular weight excluding hydrogens is 289 g/mol. The molecule has 0 bridgehead atoms. The minimum absolute atomic E-state index is 0.746. The number of rotatable bonds is 3. The van der Waals surface area contributed by atoms with Gasteiger partial charge in [0.25, 0.3) is 0 Å². The summed E-state index contributed by atoms with van der Waals surface area (Å²) in [5.74, 6) is 2.33. The lowest BCUT2D eigenvalue weighted by Crippen LogP contribution is -2.28. The van der Waals surface area contributed by atoms with Crippen molar-refractivity contribution in [2.45, 2.75) is 19.8 Å². The van der Waals surface area contributed by atoms with Crippen LogP contribution >= 0.6 is 22.6 Å². The molecular formula is C11H14INO. The molecule has 2 atom stereocenters. The first-order valence-corrected chi connectivity index (χ1v) is 6.08. The molecule has 1 aromatic heterocycles. The average Bonchev–Trinajstić information content (AvgIpc) is 2.19. The Morgan fingerprint density at radius 1 is 1.50 bits per heavy atom. The van der Waals surface area contributed by atoms with Crippen LogP contribution in [0.1, 0.15) is 19.8 Å². The molecule has 0 spiro atoms. The largest absolute Gasteiger partial charge is 0.477 e. The molecule has 1 heterocycles. The van der Waals surface area contributed by atoms with Crippen LogP contribution in [0.3, 0.4) is 0 Å². The Hall–Kier alpha value is -0.320. The zero-order chi connectivity index (χ0) is 9.97. The molecule has 2 nitrogen and oxygen atoms in total. The van der Waals surface area contributed by atoms with Gasteiger partial charge in [0.15, 0.2) is 0 Å². The van der Waals surface area contributed by atoms with Gasteiger partial charge in [-0.1, -0.05) is 6.92 Å². The fourth-order valence-corrected chi connectivity index (χ4v) is 1.94. The first kappa shape index (κ1) is 10.2. The Morgan fingerprint density at radius 3 is 2.86 bits per heavy atom. The van der Waals surface area contributed by atoms with Crippen LogP contribution in [0.5, 0.6) is 5.88 Å². The van der Waals surface area contributed by atoms with Crippen molar-refractivity contribution in [1.29, 1.82) is 0 Å². The highest BCUT2D eigenvalue weighted by Crippen LogP contribution is 2.33. The third-order valence-electron chi connectivity index (χ3n) is 2.94. The molecule has 0 aromatic carbocycles. The Morgan fingerprint density at radius 2 is 2.36 bits per heavy atom. The Balaban J connectivity index is 1.83. The summed E-state index contributed by atoms with van der Waals surface area (Å²) in [5, 5.41) is 0. The normalized spacial score (nSPS) is 25.6. The van der Waals surface area contributed by atoms with E-state index >= 15 is 0 Å². The van der Waals surface area contributed by atoms with Crippen molar-refractivity contribution in [3.05, 3.63) is 21.9 Å². The van der Waals surface area contributed by atoms with Gasteiger partial charge in [-0.2, -0.15) is 0 Å². The summed E-state index contributed by atoms with van der Waals surface area (Å²) >= 11 is 2.24. The molecule has 0 unspecified atom stereocenters. The van der Waals surface area contributed by atoms with Crippen LogP contribution in [0.15, 0.2) is 18.3 Å². The smallest absolute Gasteiger partial charge is 0.213 e. The van der Waals surface area contributed by atoms with Gasteiger partial charge >= 0.3 is 0 Å². The summed E-state index contributed by atoms with van der Waals surface area (Å²) in [4.78, 5) is 4.20. The highest BCUT2D eigenvalue weighted by atomic mass is 127. The molecule has 0 aliphatic heterocycles. The Kier molecular flexibility index (Phi) is 3.26. The maximum Gasteiger partial charge on any atom is 0.213 e. The van der Waals surface area contributed by atoms with Gasteiger partial charge in [0.2, 0.25) is 5.88 Å². The highest BCUT2D eigenvalue weighted by Gasteiger charge is 2.27. The Bertz CT molecular complexity index is 299. The number of halogens is 1. The van der Waals surface area contributed by atoms with Crippen molar-refractivity contribution in [3.63, 3.8) is 0 Å². The zero-order valence-electron chi connectivity index (χ0n) is 8.24. The van der Waals surface area contributed by atoms with Crippen molar-refractivity contribution in [3.8, 4) is 5.88 Å². The summed E-state index contributed by atoms with van der Waals surface area (Å²) in [6, 6.07) is 3.96. The minimum Gasteiger partial charge on any atom is -0.477 e. The van der Waals surface area contributed by atoms with Gasteiger partial charge in [-0.05, 0) is 53.3 Å². The quantitative estimate of drug-likeness (QED) is 0.801. The molecule has 0 amide bonds. The van der Waals surface area contributed by atoms with Gasteiger partial charge in [-0.15, -0.1) is 0 Å². The standard InChI is InChI=1S/C11H14INO/c1-8-2-3-9(8)7-14-11-5-4-10(12)6-13-11/h4-6,8-9H,2-3,7H2,1H3/t8-,9+/m0/s1. The molecule has 3 heteroatoms. The van der Waals surface area contributed by atoms with Gasteiger partial charge in [0, 0.05) is 15.8 Å². The fourth-order valence-electron chi connectivity index (χ4n) is 1.62. The molecule has 1 aliphatic carbocycles. The molecule has 1 saturated carbocycles. The number of ether oxygens (including phenoxy) is 1. The molecule has 1 fully saturated rings. The van der Waals surface area contributed by atoms with Crippen LogP contribution in [0.25, 0.3) is 0 Å². The lowest BCUT2D eigenvalue weighted by atomic mass is 9.75. The summed E-state index contributed by atoms with van der Waals surface area (Å²) < 4.78 is 6.77. The van der Waals surface area contributed by atoms with E-state index in [1.807, 2.05) is 18.3 Å². The predicted molar refractivity (Wildman–Crippen MR) is 64.3 cm³/mol. The monoisotopic (exact) mass is 303 g/mol. The molecule has 0 radical (unpaired) electrons. The third kappa shape index (κ3) is 2.38. The van der Waals surface area contributed by atoms with E-state index in [1.165, 1.54) is 12.8 Å². The van der Waals surface area contributed by atoms with Gasteiger partial charge < -0.3 is 4.74 Å². The zero-order valence-corrected chi connectivity index (χ0v) is 10.4. The summed E-state index contributed by atoms with van der Waals surface area (Å²) in [6.45, 7) is 3.12. The van der Waals surface area contributed by atoms with E-state index in [-0.39, 0.29) is 0 Å². The number of nitrogens with zero attached hydrogens (tertiary/aromatic N) is 1. The van der Waals surface area contributed by atoms with E-state index in [0.29, 0.717) is 0 Å².